The van der Waals surface area contributed by atoms with Crippen LogP contribution in [0.5, 0.6) is 0 Å². The Balaban J connectivity index is 2.49. The molecular formula is C15H17ClFN3. The van der Waals surface area contributed by atoms with Crippen LogP contribution < -0.4 is 4.90 Å². The van der Waals surface area contributed by atoms with Gasteiger partial charge in [-0.2, -0.15) is 0 Å². The summed E-state index contributed by atoms with van der Waals surface area (Å²) < 4.78 is 13.4. The summed E-state index contributed by atoms with van der Waals surface area (Å²) in [6.07, 6.45) is 3.18. The fourth-order valence-corrected chi connectivity index (χ4v) is 2.40. The first kappa shape index (κ1) is 14.7. The average Bonchev–Trinajstić information content (AvgIpc) is 2.43. The van der Waals surface area contributed by atoms with Gasteiger partial charge < -0.3 is 4.90 Å². The van der Waals surface area contributed by atoms with Crippen molar-refractivity contribution in [2.24, 2.45) is 0 Å². The molecule has 1 heterocycles. The van der Waals surface area contributed by atoms with E-state index in [1.165, 1.54) is 18.5 Å². The highest BCUT2D eigenvalue weighted by Gasteiger charge is 2.16. The molecule has 0 spiro atoms. The quantitative estimate of drug-likeness (QED) is 0.766. The Morgan fingerprint density at radius 2 is 2.05 bits per heavy atom. The number of anilines is 2. The van der Waals surface area contributed by atoms with Crippen LogP contribution in [-0.4, -0.2) is 16.5 Å². The summed E-state index contributed by atoms with van der Waals surface area (Å²) in [4.78, 5) is 10.3. The second kappa shape index (κ2) is 6.66. The summed E-state index contributed by atoms with van der Waals surface area (Å²) in [5.74, 6) is 0.484. The van der Waals surface area contributed by atoms with Gasteiger partial charge in [0.05, 0.1) is 0 Å². The van der Waals surface area contributed by atoms with E-state index in [9.17, 15) is 4.39 Å². The van der Waals surface area contributed by atoms with Crippen LogP contribution in [0.4, 0.5) is 15.9 Å². The molecule has 0 aliphatic rings. The van der Waals surface area contributed by atoms with E-state index in [1.54, 1.807) is 6.07 Å². The van der Waals surface area contributed by atoms with Gasteiger partial charge in [-0.05, 0) is 31.5 Å². The lowest BCUT2D eigenvalue weighted by molar-refractivity contribution is 0.627. The molecule has 0 saturated heterocycles. The highest BCUT2D eigenvalue weighted by atomic mass is 35.5. The first-order chi connectivity index (χ1) is 9.67. The third-order valence-corrected chi connectivity index (χ3v) is 3.39. The molecule has 2 aromatic rings. The van der Waals surface area contributed by atoms with Gasteiger partial charge in [0.1, 0.15) is 23.1 Å². The van der Waals surface area contributed by atoms with Gasteiger partial charge in [-0.3, -0.25) is 0 Å². The lowest BCUT2D eigenvalue weighted by Crippen LogP contribution is -2.19. The summed E-state index contributed by atoms with van der Waals surface area (Å²) in [5.41, 5.74) is 1.67. The van der Waals surface area contributed by atoms with E-state index in [0.717, 1.165) is 29.9 Å². The standard InChI is InChI=1S/C15H17ClFN3/c1-3-6-13-14(16)18-10-19-15(13)20(4-2)12-8-5-7-11(17)9-12/h5,7-10H,3-4,6H2,1-2H3. The second-order valence-corrected chi connectivity index (χ2v) is 4.80. The van der Waals surface area contributed by atoms with Gasteiger partial charge in [0.25, 0.3) is 0 Å². The Bertz CT molecular complexity index is 589. The summed E-state index contributed by atoms with van der Waals surface area (Å²) in [6, 6.07) is 6.47. The van der Waals surface area contributed by atoms with Crippen molar-refractivity contribution in [3.63, 3.8) is 0 Å². The monoisotopic (exact) mass is 293 g/mol. The maximum absolute atomic E-state index is 13.4. The number of aromatic nitrogens is 2. The third-order valence-electron chi connectivity index (χ3n) is 3.06. The normalized spacial score (nSPS) is 10.6. The highest BCUT2D eigenvalue weighted by molar-refractivity contribution is 6.30. The summed E-state index contributed by atoms with van der Waals surface area (Å²) >= 11 is 6.18. The molecule has 0 atom stereocenters. The topological polar surface area (TPSA) is 29.0 Å². The van der Waals surface area contributed by atoms with Gasteiger partial charge in [-0.1, -0.05) is 31.0 Å². The van der Waals surface area contributed by atoms with E-state index in [1.807, 2.05) is 17.9 Å². The smallest absolute Gasteiger partial charge is 0.141 e. The van der Waals surface area contributed by atoms with Crippen LogP contribution in [0.1, 0.15) is 25.8 Å². The Morgan fingerprint density at radius 3 is 2.70 bits per heavy atom. The Hall–Kier alpha value is -1.68. The first-order valence-electron chi connectivity index (χ1n) is 6.69. The van der Waals surface area contributed by atoms with Crippen molar-refractivity contribution in [2.45, 2.75) is 26.7 Å². The van der Waals surface area contributed by atoms with Crippen LogP contribution in [0.25, 0.3) is 0 Å². The van der Waals surface area contributed by atoms with Gasteiger partial charge in [0, 0.05) is 17.8 Å². The van der Waals surface area contributed by atoms with E-state index in [-0.39, 0.29) is 5.82 Å². The molecule has 2 rings (SSSR count). The summed E-state index contributed by atoms with van der Waals surface area (Å²) in [5, 5.41) is 0.465. The number of hydrogen-bond donors (Lipinski definition) is 0. The number of halogens is 2. The predicted molar refractivity (Wildman–Crippen MR) is 80.1 cm³/mol. The van der Waals surface area contributed by atoms with Crippen LogP contribution in [0.3, 0.4) is 0 Å². The van der Waals surface area contributed by atoms with E-state index in [4.69, 9.17) is 11.6 Å². The predicted octanol–water partition coefficient (Wildman–Crippen LogP) is 4.38. The number of rotatable bonds is 5. The average molecular weight is 294 g/mol. The third kappa shape index (κ3) is 3.07. The van der Waals surface area contributed by atoms with Crippen molar-refractivity contribution in [3.05, 3.63) is 47.1 Å². The first-order valence-corrected chi connectivity index (χ1v) is 7.07. The fraction of sp³-hybridized carbons (Fsp3) is 0.333. The molecule has 0 N–H and O–H groups in total. The van der Waals surface area contributed by atoms with Crippen molar-refractivity contribution < 1.29 is 4.39 Å². The number of hydrogen-bond acceptors (Lipinski definition) is 3. The number of nitrogens with zero attached hydrogens (tertiary/aromatic N) is 3. The zero-order valence-corrected chi connectivity index (χ0v) is 12.4. The van der Waals surface area contributed by atoms with Crippen molar-refractivity contribution in [3.8, 4) is 0 Å². The summed E-state index contributed by atoms with van der Waals surface area (Å²) in [6.45, 7) is 4.75. The van der Waals surface area contributed by atoms with Crippen LogP contribution in [0.2, 0.25) is 5.15 Å². The molecule has 0 radical (unpaired) electrons. The van der Waals surface area contributed by atoms with E-state index in [0.29, 0.717) is 11.7 Å². The SMILES string of the molecule is CCCc1c(Cl)ncnc1N(CC)c1cccc(F)c1. The molecule has 106 valence electrons. The number of benzene rings is 1. The maximum Gasteiger partial charge on any atom is 0.141 e. The zero-order chi connectivity index (χ0) is 14.5. The minimum Gasteiger partial charge on any atom is -0.326 e. The summed E-state index contributed by atoms with van der Waals surface area (Å²) in [7, 11) is 0. The molecule has 0 aliphatic carbocycles. The van der Waals surface area contributed by atoms with E-state index >= 15 is 0 Å². The van der Waals surface area contributed by atoms with Crippen molar-refractivity contribution >= 4 is 23.1 Å². The van der Waals surface area contributed by atoms with Crippen LogP contribution in [0.15, 0.2) is 30.6 Å². The van der Waals surface area contributed by atoms with E-state index in [2.05, 4.69) is 16.9 Å². The molecule has 20 heavy (non-hydrogen) atoms. The van der Waals surface area contributed by atoms with Gasteiger partial charge in [0.2, 0.25) is 0 Å². The Labute approximate surface area is 123 Å². The van der Waals surface area contributed by atoms with E-state index < -0.39 is 0 Å². The Morgan fingerprint density at radius 1 is 1.25 bits per heavy atom. The van der Waals surface area contributed by atoms with Crippen LogP contribution in [0, 0.1) is 5.82 Å². The lowest BCUT2D eigenvalue weighted by Gasteiger charge is -2.24. The molecule has 1 aromatic heterocycles. The molecular weight excluding hydrogens is 277 g/mol. The largest absolute Gasteiger partial charge is 0.326 e. The zero-order valence-electron chi connectivity index (χ0n) is 11.6. The molecule has 5 heteroatoms. The lowest BCUT2D eigenvalue weighted by atomic mass is 10.1. The van der Waals surface area contributed by atoms with Crippen molar-refractivity contribution in [1.29, 1.82) is 0 Å². The van der Waals surface area contributed by atoms with Gasteiger partial charge >= 0.3 is 0 Å². The van der Waals surface area contributed by atoms with Crippen LogP contribution in [-0.2, 0) is 6.42 Å². The van der Waals surface area contributed by atoms with Crippen molar-refractivity contribution in [2.75, 3.05) is 11.4 Å². The molecule has 1 aromatic carbocycles. The fourth-order valence-electron chi connectivity index (χ4n) is 2.18. The molecule has 0 unspecified atom stereocenters. The maximum atomic E-state index is 13.4. The molecule has 0 saturated carbocycles. The molecule has 0 fully saturated rings. The van der Waals surface area contributed by atoms with Gasteiger partial charge in [-0.15, -0.1) is 0 Å². The molecule has 0 amide bonds. The van der Waals surface area contributed by atoms with Crippen molar-refractivity contribution in [1.82, 2.24) is 9.97 Å². The van der Waals surface area contributed by atoms with Gasteiger partial charge in [0.15, 0.2) is 0 Å². The molecule has 0 aliphatic heterocycles. The highest BCUT2D eigenvalue weighted by Crippen LogP contribution is 2.30. The molecule has 3 nitrogen and oxygen atoms in total. The minimum absolute atomic E-state index is 0.266. The Kier molecular flexibility index (Phi) is 4.90. The minimum atomic E-state index is -0.266. The van der Waals surface area contributed by atoms with Gasteiger partial charge in [-0.25, -0.2) is 14.4 Å². The molecule has 0 bridgehead atoms. The second-order valence-electron chi connectivity index (χ2n) is 4.44. The van der Waals surface area contributed by atoms with Crippen LogP contribution >= 0.6 is 11.6 Å².